The van der Waals surface area contributed by atoms with Gasteiger partial charge in [0.05, 0.1) is 49.1 Å². The van der Waals surface area contributed by atoms with Crippen LogP contribution in [0.25, 0.3) is 0 Å². The number of aromatic amines is 1. The van der Waals surface area contributed by atoms with E-state index in [9.17, 15) is 39.6 Å². The van der Waals surface area contributed by atoms with Crippen molar-refractivity contribution in [2.24, 2.45) is 0 Å². The zero-order valence-corrected chi connectivity index (χ0v) is 21.2. The molecule has 218 valence electrons. The van der Waals surface area contributed by atoms with E-state index >= 15 is 0 Å². The smallest absolute Gasteiger partial charge is 0.382 e. The van der Waals surface area contributed by atoms with Crippen LogP contribution in [-0.2, 0) is 31.8 Å². The third-order valence-electron chi connectivity index (χ3n) is 5.55. The molecule has 2 aromatic heterocycles. The van der Waals surface area contributed by atoms with Crippen LogP contribution in [0.4, 0.5) is 38.0 Å². The van der Waals surface area contributed by atoms with Crippen molar-refractivity contribution in [3.63, 3.8) is 0 Å². The van der Waals surface area contributed by atoms with E-state index in [-0.39, 0.29) is 51.9 Å². The Bertz CT molecular complexity index is 1250. The van der Waals surface area contributed by atoms with E-state index in [2.05, 4.69) is 20.4 Å². The minimum absolute atomic E-state index is 0.0380. The number of H-pyrrole nitrogens is 1. The zero-order chi connectivity index (χ0) is 28.8. The Morgan fingerprint density at radius 1 is 1.03 bits per heavy atom. The van der Waals surface area contributed by atoms with Crippen molar-refractivity contribution in [1.29, 1.82) is 0 Å². The van der Waals surface area contributed by atoms with Crippen LogP contribution in [0.15, 0.2) is 23.4 Å². The molecule has 39 heavy (non-hydrogen) atoms. The summed E-state index contributed by atoms with van der Waals surface area (Å²) in [6.07, 6.45) is -7.41. The second-order valence-electron chi connectivity index (χ2n) is 8.33. The number of aromatic nitrogens is 4. The summed E-state index contributed by atoms with van der Waals surface area (Å²) in [7, 11) is -2.48. The van der Waals surface area contributed by atoms with Crippen LogP contribution in [0.2, 0.25) is 0 Å². The number of methoxy groups -OCH3 is 1. The number of hydrogen-bond donors (Lipinski definition) is 2. The molecule has 2 N–H and O–H groups in total. The molecule has 1 fully saturated rings. The van der Waals surface area contributed by atoms with Gasteiger partial charge in [0, 0.05) is 45.7 Å². The first-order chi connectivity index (χ1) is 18.2. The standard InChI is InChI=1S/C20H25F6N7O5S/c1-37-11-14(30-15-10-29-31-17(34)16(15)20(24,25)26)12-38-6-7-39(35,36)33-4-2-32(3-5-33)18-27-8-13(9-28-18)19(21,22)23/h8-10,14H,2-7,11-12H2,1H3,(H2,30,31,34)/t14-/m0/s1. The van der Waals surface area contributed by atoms with Crippen molar-refractivity contribution in [3.8, 4) is 0 Å². The number of sulfonamides is 1. The maximum Gasteiger partial charge on any atom is 0.423 e. The van der Waals surface area contributed by atoms with E-state index in [1.807, 2.05) is 0 Å². The molecule has 0 amide bonds. The summed E-state index contributed by atoms with van der Waals surface area (Å²) in [4.78, 5) is 20.6. The molecule has 0 saturated carbocycles. The topological polar surface area (TPSA) is 143 Å². The lowest BCUT2D eigenvalue weighted by atomic mass is 10.2. The fourth-order valence-corrected chi connectivity index (χ4v) is 4.96. The lowest BCUT2D eigenvalue weighted by Gasteiger charge is -2.34. The Hall–Kier alpha value is -3.03. The number of anilines is 2. The molecule has 12 nitrogen and oxygen atoms in total. The van der Waals surface area contributed by atoms with E-state index in [1.54, 1.807) is 10.00 Å². The predicted molar refractivity (Wildman–Crippen MR) is 125 cm³/mol. The molecule has 0 spiro atoms. The SMILES string of the molecule is COC[C@@H](COCCS(=O)(=O)N1CCN(c2ncc(C(F)(F)F)cn2)CC1)Nc1cn[nH]c(=O)c1C(F)(F)F. The highest BCUT2D eigenvalue weighted by Gasteiger charge is 2.38. The van der Waals surface area contributed by atoms with Gasteiger partial charge in [0.25, 0.3) is 5.56 Å². The molecule has 19 heteroatoms. The highest BCUT2D eigenvalue weighted by Crippen LogP contribution is 2.32. The minimum Gasteiger partial charge on any atom is -0.382 e. The molecule has 2 aromatic rings. The average Bonchev–Trinajstić information content (AvgIpc) is 2.85. The van der Waals surface area contributed by atoms with Crippen molar-refractivity contribution >= 4 is 21.7 Å². The monoisotopic (exact) mass is 589 g/mol. The molecular weight excluding hydrogens is 564 g/mol. The van der Waals surface area contributed by atoms with Crippen molar-refractivity contribution in [2.75, 3.05) is 69.1 Å². The van der Waals surface area contributed by atoms with Crippen LogP contribution < -0.4 is 15.8 Å². The number of nitrogens with one attached hydrogen (secondary N) is 2. The molecule has 1 aliphatic rings. The number of piperazine rings is 1. The van der Waals surface area contributed by atoms with Crippen LogP contribution in [0.3, 0.4) is 0 Å². The van der Waals surface area contributed by atoms with Gasteiger partial charge in [0.1, 0.15) is 5.56 Å². The van der Waals surface area contributed by atoms with Gasteiger partial charge in [-0.15, -0.1) is 0 Å². The lowest BCUT2D eigenvalue weighted by molar-refractivity contribution is -0.139. The molecule has 0 unspecified atom stereocenters. The minimum atomic E-state index is -4.95. The van der Waals surface area contributed by atoms with E-state index < -0.39 is 56.5 Å². The van der Waals surface area contributed by atoms with Crippen molar-refractivity contribution in [1.82, 2.24) is 24.5 Å². The van der Waals surface area contributed by atoms with Crippen LogP contribution in [0, 0.1) is 0 Å². The summed E-state index contributed by atoms with van der Waals surface area (Å²) in [6.45, 7) is -0.273. The molecule has 0 aliphatic carbocycles. The Kier molecular flexibility index (Phi) is 9.73. The summed E-state index contributed by atoms with van der Waals surface area (Å²) in [5, 5.41) is 7.59. The molecular formula is C20H25F6N7O5S. The predicted octanol–water partition coefficient (Wildman–Crippen LogP) is 1.19. The first-order valence-electron chi connectivity index (χ1n) is 11.3. The first-order valence-corrected chi connectivity index (χ1v) is 12.9. The van der Waals surface area contributed by atoms with Crippen LogP contribution >= 0.6 is 0 Å². The van der Waals surface area contributed by atoms with E-state index in [0.717, 1.165) is 6.20 Å². The van der Waals surface area contributed by atoms with Gasteiger partial charge in [-0.05, 0) is 0 Å². The molecule has 0 radical (unpaired) electrons. The summed E-state index contributed by atoms with van der Waals surface area (Å²) in [5.74, 6) is -0.381. The maximum absolute atomic E-state index is 13.3. The molecule has 1 aliphatic heterocycles. The van der Waals surface area contributed by atoms with E-state index in [4.69, 9.17) is 9.47 Å². The number of hydrogen-bond acceptors (Lipinski definition) is 10. The summed E-state index contributed by atoms with van der Waals surface area (Å²) in [5.41, 5.74) is -4.48. The van der Waals surface area contributed by atoms with E-state index in [1.165, 1.54) is 11.4 Å². The van der Waals surface area contributed by atoms with Crippen molar-refractivity contribution < 1.29 is 44.2 Å². The summed E-state index contributed by atoms with van der Waals surface area (Å²) in [6, 6.07) is -0.866. The fraction of sp³-hybridized carbons (Fsp3) is 0.600. The molecule has 3 heterocycles. The summed E-state index contributed by atoms with van der Waals surface area (Å²) < 4.78 is 115. The van der Waals surface area contributed by atoms with Crippen molar-refractivity contribution in [2.45, 2.75) is 18.4 Å². The number of rotatable bonds is 11. The van der Waals surface area contributed by atoms with E-state index in [0.29, 0.717) is 12.4 Å². The number of alkyl halides is 6. The van der Waals surface area contributed by atoms with Crippen LogP contribution in [0.1, 0.15) is 11.1 Å². The molecule has 0 aromatic carbocycles. The van der Waals surface area contributed by atoms with Gasteiger partial charge in [-0.2, -0.15) is 35.7 Å². The fourth-order valence-electron chi connectivity index (χ4n) is 3.66. The average molecular weight is 590 g/mol. The first kappa shape index (κ1) is 30.5. The Balaban J connectivity index is 1.50. The normalized spacial score (nSPS) is 16.3. The maximum atomic E-state index is 13.3. The third-order valence-corrected chi connectivity index (χ3v) is 7.39. The van der Waals surface area contributed by atoms with Gasteiger partial charge in [-0.25, -0.2) is 23.5 Å². The molecule has 1 atom stereocenters. The molecule has 1 saturated heterocycles. The van der Waals surface area contributed by atoms with Crippen LogP contribution in [0.5, 0.6) is 0 Å². The summed E-state index contributed by atoms with van der Waals surface area (Å²) >= 11 is 0. The largest absolute Gasteiger partial charge is 0.423 e. The van der Waals surface area contributed by atoms with Gasteiger partial charge in [-0.1, -0.05) is 0 Å². The van der Waals surface area contributed by atoms with Gasteiger partial charge in [-0.3, -0.25) is 4.79 Å². The Labute approximate surface area is 218 Å². The number of ether oxygens (including phenoxy) is 2. The third kappa shape index (κ3) is 8.23. The highest BCUT2D eigenvalue weighted by atomic mass is 32.2. The highest BCUT2D eigenvalue weighted by molar-refractivity contribution is 7.89. The second kappa shape index (κ2) is 12.4. The number of halogens is 6. The second-order valence-corrected chi connectivity index (χ2v) is 10.4. The van der Waals surface area contributed by atoms with Gasteiger partial charge in [0.2, 0.25) is 16.0 Å². The van der Waals surface area contributed by atoms with Crippen molar-refractivity contribution in [3.05, 3.63) is 40.1 Å². The number of nitrogens with zero attached hydrogens (tertiary/aromatic N) is 5. The lowest BCUT2D eigenvalue weighted by Crippen LogP contribution is -2.50. The van der Waals surface area contributed by atoms with Gasteiger partial charge < -0.3 is 19.7 Å². The molecule has 0 bridgehead atoms. The van der Waals surface area contributed by atoms with Gasteiger partial charge >= 0.3 is 12.4 Å². The quantitative estimate of drug-likeness (QED) is 0.290. The van der Waals surface area contributed by atoms with Crippen LogP contribution in [-0.4, -0.2) is 97.8 Å². The Morgan fingerprint density at radius 2 is 1.67 bits per heavy atom. The zero-order valence-electron chi connectivity index (χ0n) is 20.4. The Morgan fingerprint density at radius 3 is 2.23 bits per heavy atom. The molecule has 3 rings (SSSR count). The van der Waals surface area contributed by atoms with Gasteiger partial charge in [0.15, 0.2) is 0 Å².